The molecule has 0 amide bonds. The second-order valence-electron chi connectivity index (χ2n) is 3.97. The zero-order valence-electron chi connectivity index (χ0n) is 8.45. The number of rotatable bonds is 2. The maximum absolute atomic E-state index is 10.6. The van der Waals surface area contributed by atoms with Crippen LogP contribution in [0, 0.1) is 0 Å². The van der Waals surface area contributed by atoms with Crippen LogP contribution in [0.1, 0.15) is 32.6 Å². The minimum atomic E-state index is -0.342. The first-order valence-electron chi connectivity index (χ1n) is 5.15. The van der Waals surface area contributed by atoms with Gasteiger partial charge in [-0.3, -0.25) is 4.79 Å². The van der Waals surface area contributed by atoms with Crippen molar-refractivity contribution in [3.05, 3.63) is 0 Å². The topological polar surface area (TPSA) is 44.8 Å². The number of hydrogen-bond acceptors (Lipinski definition) is 4. The van der Waals surface area contributed by atoms with E-state index in [1.165, 1.54) is 19.8 Å². The SMILES string of the molecule is CC(=O)OC[C@@H]1COC2(CCCC2)O1. The van der Waals surface area contributed by atoms with Crippen LogP contribution in [0.15, 0.2) is 0 Å². The molecule has 2 aliphatic rings. The van der Waals surface area contributed by atoms with Crippen molar-refractivity contribution in [1.29, 1.82) is 0 Å². The molecule has 0 aromatic rings. The molecule has 1 aliphatic heterocycles. The lowest BCUT2D eigenvalue weighted by Gasteiger charge is -2.21. The molecular formula is C10H16O4. The van der Waals surface area contributed by atoms with Crippen molar-refractivity contribution < 1.29 is 19.0 Å². The van der Waals surface area contributed by atoms with E-state index in [1.54, 1.807) is 0 Å². The van der Waals surface area contributed by atoms with Crippen LogP contribution in [0.2, 0.25) is 0 Å². The fourth-order valence-electron chi connectivity index (χ4n) is 2.08. The first kappa shape index (κ1) is 9.93. The Morgan fingerprint density at radius 3 is 2.86 bits per heavy atom. The van der Waals surface area contributed by atoms with Crippen LogP contribution in [-0.2, 0) is 19.0 Å². The highest BCUT2D eigenvalue weighted by Gasteiger charge is 2.43. The third kappa shape index (κ3) is 2.07. The van der Waals surface area contributed by atoms with Crippen molar-refractivity contribution in [2.24, 2.45) is 0 Å². The van der Waals surface area contributed by atoms with Gasteiger partial charge >= 0.3 is 5.97 Å². The Morgan fingerprint density at radius 1 is 1.50 bits per heavy atom. The van der Waals surface area contributed by atoms with Crippen molar-refractivity contribution in [3.8, 4) is 0 Å². The fourth-order valence-corrected chi connectivity index (χ4v) is 2.08. The van der Waals surface area contributed by atoms with Gasteiger partial charge in [0, 0.05) is 19.8 Å². The van der Waals surface area contributed by atoms with Crippen molar-refractivity contribution in [3.63, 3.8) is 0 Å². The zero-order valence-corrected chi connectivity index (χ0v) is 8.45. The van der Waals surface area contributed by atoms with Gasteiger partial charge in [0.25, 0.3) is 0 Å². The number of carbonyl (C=O) groups excluding carboxylic acids is 1. The predicted octanol–water partition coefficient (Wildman–Crippen LogP) is 1.24. The van der Waals surface area contributed by atoms with Crippen molar-refractivity contribution in [2.45, 2.75) is 44.5 Å². The van der Waals surface area contributed by atoms with Crippen LogP contribution < -0.4 is 0 Å². The highest BCUT2D eigenvalue weighted by molar-refractivity contribution is 5.65. The maximum atomic E-state index is 10.6. The monoisotopic (exact) mass is 200 g/mol. The van der Waals surface area contributed by atoms with Gasteiger partial charge in [0.05, 0.1) is 6.61 Å². The van der Waals surface area contributed by atoms with Crippen molar-refractivity contribution >= 4 is 5.97 Å². The molecule has 0 unspecified atom stereocenters. The highest BCUT2D eigenvalue weighted by atomic mass is 16.8. The number of ether oxygens (including phenoxy) is 3. The summed E-state index contributed by atoms with van der Waals surface area (Å²) in [5.41, 5.74) is 0. The maximum Gasteiger partial charge on any atom is 0.302 e. The lowest BCUT2D eigenvalue weighted by atomic mass is 10.2. The quantitative estimate of drug-likeness (QED) is 0.629. The van der Waals surface area contributed by atoms with Crippen molar-refractivity contribution in [2.75, 3.05) is 13.2 Å². The summed E-state index contributed by atoms with van der Waals surface area (Å²) in [5, 5.41) is 0. The molecule has 1 saturated carbocycles. The van der Waals surface area contributed by atoms with E-state index in [-0.39, 0.29) is 17.9 Å². The van der Waals surface area contributed by atoms with E-state index >= 15 is 0 Å². The van der Waals surface area contributed by atoms with Gasteiger partial charge in [-0.1, -0.05) is 0 Å². The third-order valence-corrected chi connectivity index (χ3v) is 2.75. The van der Waals surface area contributed by atoms with E-state index in [1.807, 2.05) is 0 Å². The smallest absolute Gasteiger partial charge is 0.302 e. The summed E-state index contributed by atoms with van der Waals surface area (Å²) in [6, 6.07) is 0. The minimum absolute atomic E-state index is 0.0722. The van der Waals surface area contributed by atoms with Crippen LogP contribution in [0.25, 0.3) is 0 Å². The Bertz CT molecular complexity index is 220. The summed E-state index contributed by atoms with van der Waals surface area (Å²) in [6.07, 6.45) is 4.21. The molecule has 1 heterocycles. The van der Waals surface area contributed by atoms with Gasteiger partial charge in [-0.25, -0.2) is 0 Å². The molecule has 2 rings (SSSR count). The van der Waals surface area contributed by atoms with E-state index in [2.05, 4.69) is 0 Å². The molecule has 0 aromatic heterocycles. The van der Waals surface area contributed by atoms with Crippen LogP contribution in [-0.4, -0.2) is 31.1 Å². The second-order valence-corrected chi connectivity index (χ2v) is 3.97. The van der Waals surface area contributed by atoms with E-state index < -0.39 is 0 Å². The third-order valence-electron chi connectivity index (χ3n) is 2.75. The van der Waals surface area contributed by atoms with Gasteiger partial charge in [-0.2, -0.15) is 0 Å². The molecule has 1 saturated heterocycles. The van der Waals surface area contributed by atoms with Crippen LogP contribution in [0.3, 0.4) is 0 Å². The molecule has 80 valence electrons. The fraction of sp³-hybridized carbons (Fsp3) is 0.900. The van der Waals surface area contributed by atoms with E-state index in [0.717, 1.165) is 12.8 Å². The predicted molar refractivity (Wildman–Crippen MR) is 48.7 cm³/mol. The second kappa shape index (κ2) is 3.87. The molecule has 4 nitrogen and oxygen atoms in total. The molecule has 14 heavy (non-hydrogen) atoms. The first-order chi connectivity index (χ1) is 6.70. The molecular weight excluding hydrogens is 184 g/mol. The van der Waals surface area contributed by atoms with Gasteiger partial charge in [0.15, 0.2) is 5.79 Å². The average molecular weight is 200 g/mol. The molecule has 4 heteroatoms. The van der Waals surface area contributed by atoms with Gasteiger partial charge in [-0.05, 0) is 12.8 Å². The molecule has 0 N–H and O–H groups in total. The standard InChI is InChI=1S/C10H16O4/c1-8(11)12-6-9-7-13-10(14-9)4-2-3-5-10/h9H,2-7H2,1H3/t9-/m1/s1. The molecule has 0 aromatic carbocycles. The van der Waals surface area contributed by atoms with Crippen LogP contribution in [0.4, 0.5) is 0 Å². The lowest BCUT2D eigenvalue weighted by Crippen LogP contribution is -2.28. The van der Waals surface area contributed by atoms with Gasteiger partial charge < -0.3 is 14.2 Å². The highest BCUT2D eigenvalue weighted by Crippen LogP contribution is 2.39. The zero-order chi connectivity index (χ0) is 10.0. The molecule has 0 bridgehead atoms. The largest absolute Gasteiger partial charge is 0.463 e. The van der Waals surface area contributed by atoms with Crippen molar-refractivity contribution in [1.82, 2.24) is 0 Å². The first-order valence-corrected chi connectivity index (χ1v) is 5.15. The summed E-state index contributed by atoms with van der Waals surface area (Å²) in [4.78, 5) is 10.6. The molecule has 1 spiro atoms. The molecule has 1 atom stereocenters. The van der Waals surface area contributed by atoms with E-state index in [4.69, 9.17) is 14.2 Å². The van der Waals surface area contributed by atoms with Gasteiger partial charge in [0.1, 0.15) is 12.7 Å². The number of hydrogen-bond donors (Lipinski definition) is 0. The average Bonchev–Trinajstić information content (AvgIpc) is 2.74. The van der Waals surface area contributed by atoms with Crippen LogP contribution >= 0.6 is 0 Å². The number of carbonyl (C=O) groups is 1. The summed E-state index contributed by atoms with van der Waals surface area (Å²) in [5.74, 6) is -0.605. The number of esters is 1. The summed E-state index contributed by atoms with van der Waals surface area (Å²) in [6.45, 7) is 2.27. The summed E-state index contributed by atoms with van der Waals surface area (Å²) < 4.78 is 16.3. The lowest BCUT2D eigenvalue weighted by molar-refractivity contribution is -0.171. The van der Waals surface area contributed by atoms with E-state index in [9.17, 15) is 4.79 Å². The Hall–Kier alpha value is -0.610. The Balaban J connectivity index is 1.79. The summed E-state index contributed by atoms with van der Waals surface area (Å²) >= 11 is 0. The van der Waals surface area contributed by atoms with Gasteiger partial charge in [0.2, 0.25) is 0 Å². The molecule has 0 radical (unpaired) electrons. The van der Waals surface area contributed by atoms with E-state index in [0.29, 0.717) is 13.2 Å². The summed E-state index contributed by atoms with van der Waals surface area (Å²) in [7, 11) is 0. The molecule has 2 fully saturated rings. The Labute approximate surface area is 83.5 Å². The van der Waals surface area contributed by atoms with Gasteiger partial charge in [-0.15, -0.1) is 0 Å². The van der Waals surface area contributed by atoms with Crippen LogP contribution in [0.5, 0.6) is 0 Å². The molecule has 1 aliphatic carbocycles. The minimum Gasteiger partial charge on any atom is -0.463 e. The Kier molecular flexibility index (Phi) is 2.74. The Morgan fingerprint density at radius 2 is 2.21 bits per heavy atom. The normalized spacial score (nSPS) is 29.6.